The second kappa shape index (κ2) is 6.42. The molecule has 20 heavy (non-hydrogen) atoms. The minimum Gasteiger partial charge on any atom is -0.373 e. The van der Waals surface area contributed by atoms with Crippen LogP contribution in [0.5, 0.6) is 0 Å². The van der Waals surface area contributed by atoms with Crippen LogP contribution in [0.4, 0.5) is 11.6 Å². The van der Waals surface area contributed by atoms with E-state index >= 15 is 0 Å². The van der Waals surface area contributed by atoms with Crippen molar-refractivity contribution in [2.45, 2.75) is 58.4 Å². The Morgan fingerprint density at radius 3 is 2.40 bits per heavy atom. The fraction of sp³-hybridized carbons (Fsp3) is 0.750. The topological polar surface area (TPSA) is 41.1 Å². The van der Waals surface area contributed by atoms with Crippen LogP contribution < -0.4 is 10.2 Å². The molecule has 1 saturated carbocycles. The number of nitrogens with one attached hydrogen (secondary N) is 1. The summed E-state index contributed by atoms with van der Waals surface area (Å²) in [6.45, 7) is 6.78. The van der Waals surface area contributed by atoms with E-state index in [0.717, 1.165) is 17.6 Å². The van der Waals surface area contributed by atoms with Crippen LogP contribution in [0, 0.1) is 5.92 Å². The smallest absolute Gasteiger partial charge is 0.137 e. The van der Waals surface area contributed by atoms with Crippen molar-refractivity contribution in [3.63, 3.8) is 0 Å². The molecule has 0 amide bonds. The van der Waals surface area contributed by atoms with Crippen molar-refractivity contribution in [2.24, 2.45) is 5.92 Å². The molecule has 1 N–H and O–H groups in total. The van der Waals surface area contributed by atoms with E-state index < -0.39 is 0 Å². The van der Waals surface area contributed by atoms with E-state index in [2.05, 4.69) is 48.0 Å². The van der Waals surface area contributed by atoms with Crippen molar-refractivity contribution in [3.05, 3.63) is 11.9 Å². The van der Waals surface area contributed by atoms with Gasteiger partial charge in [-0.3, -0.25) is 0 Å². The predicted octanol–water partition coefficient (Wildman–Crippen LogP) is 3.66. The van der Waals surface area contributed by atoms with Crippen molar-refractivity contribution in [3.8, 4) is 0 Å². The van der Waals surface area contributed by atoms with Crippen LogP contribution in [-0.4, -0.2) is 30.1 Å². The Morgan fingerprint density at radius 1 is 1.20 bits per heavy atom. The van der Waals surface area contributed by atoms with Gasteiger partial charge in [-0.15, -0.1) is 0 Å². The molecule has 1 aromatic heterocycles. The van der Waals surface area contributed by atoms with Crippen LogP contribution in [0.15, 0.2) is 6.33 Å². The van der Waals surface area contributed by atoms with E-state index in [4.69, 9.17) is 0 Å². The van der Waals surface area contributed by atoms with Gasteiger partial charge < -0.3 is 10.2 Å². The summed E-state index contributed by atoms with van der Waals surface area (Å²) in [5.41, 5.74) is 1.23. The van der Waals surface area contributed by atoms with Gasteiger partial charge in [0.25, 0.3) is 0 Å². The lowest BCUT2D eigenvalue weighted by Gasteiger charge is -2.35. The van der Waals surface area contributed by atoms with Crippen LogP contribution in [0.2, 0.25) is 0 Å². The quantitative estimate of drug-likeness (QED) is 0.911. The van der Waals surface area contributed by atoms with E-state index in [1.54, 1.807) is 6.33 Å². The molecule has 2 rings (SSSR count). The van der Waals surface area contributed by atoms with Gasteiger partial charge in [-0.05, 0) is 37.5 Å². The Balaban J connectivity index is 2.27. The second-order valence-corrected chi connectivity index (χ2v) is 6.39. The molecule has 0 spiro atoms. The summed E-state index contributed by atoms with van der Waals surface area (Å²) >= 11 is 0. The van der Waals surface area contributed by atoms with Crippen molar-refractivity contribution in [2.75, 3.05) is 24.3 Å². The van der Waals surface area contributed by atoms with Crippen LogP contribution in [0.25, 0.3) is 0 Å². The van der Waals surface area contributed by atoms with Crippen LogP contribution in [0.1, 0.15) is 57.9 Å². The minimum absolute atomic E-state index is 0.415. The summed E-state index contributed by atoms with van der Waals surface area (Å²) in [4.78, 5) is 11.3. The van der Waals surface area contributed by atoms with Gasteiger partial charge in [-0.2, -0.15) is 0 Å². The molecule has 1 aliphatic carbocycles. The Kier molecular flexibility index (Phi) is 4.84. The van der Waals surface area contributed by atoms with E-state index in [9.17, 15) is 0 Å². The fourth-order valence-electron chi connectivity index (χ4n) is 3.20. The molecule has 1 heterocycles. The lowest BCUT2D eigenvalue weighted by atomic mass is 9.86. The summed E-state index contributed by atoms with van der Waals surface area (Å²) in [6.07, 6.45) is 6.88. The normalized spacial score (nSPS) is 22.9. The molecular formula is C16H28N4. The second-order valence-electron chi connectivity index (χ2n) is 6.39. The molecule has 112 valence electrons. The highest BCUT2D eigenvalue weighted by Crippen LogP contribution is 2.34. The molecule has 1 aromatic rings. The number of aromatic nitrogens is 2. The fourth-order valence-corrected chi connectivity index (χ4v) is 3.20. The molecule has 0 radical (unpaired) electrons. The first-order valence-corrected chi connectivity index (χ1v) is 7.80. The van der Waals surface area contributed by atoms with Gasteiger partial charge in [-0.1, -0.05) is 20.8 Å². The van der Waals surface area contributed by atoms with E-state index in [1.807, 2.05) is 7.05 Å². The molecule has 0 aliphatic heterocycles. The molecule has 0 bridgehead atoms. The molecule has 4 heteroatoms. The van der Waals surface area contributed by atoms with Crippen molar-refractivity contribution in [1.29, 1.82) is 0 Å². The first-order chi connectivity index (χ1) is 9.54. The third-order valence-corrected chi connectivity index (χ3v) is 4.54. The Bertz CT molecular complexity index is 436. The highest BCUT2D eigenvalue weighted by molar-refractivity contribution is 5.60. The molecule has 0 unspecified atom stereocenters. The van der Waals surface area contributed by atoms with Gasteiger partial charge in [0.15, 0.2) is 0 Å². The number of hydrogen-bond donors (Lipinski definition) is 1. The monoisotopic (exact) mass is 276 g/mol. The van der Waals surface area contributed by atoms with Crippen molar-refractivity contribution >= 4 is 11.6 Å². The van der Waals surface area contributed by atoms with Crippen molar-refractivity contribution in [1.82, 2.24) is 9.97 Å². The number of hydrogen-bond acceptors (Lipinski definition) is 4. The predicted molar refractivity (Wildman–Crippen MR) is 85.5 cm³/mol. The standard InChI is InChI=1S/C16H28N4/c1-11(2)14-15(17-4)18-10-19-16(14)20(5)13-8-6-12(3)7-9-13/h10-13H,6-9H2,1-5H3,(H,17,18,19). The summed E-state index contributed by atoms with van der Waals surface area (Å²) in [7, 11) is 4.12. The lowest BCUT2D eigenvalue weighted by molar-refractivity contribution is 0.339. The third kappa shape index (κ3) is 3.05. The Morgan fingerprint density at radius 2 is 1.85 bits per heavy atom. The molecule has 4 nitrogen and oxygen atoms in total. The van der Waals surface area contributed by atoms with Crippen LogP contribution >= 0.6 is 0 Å². The van der Waals surface area contributed by atoms with Gasteiger partial charge in [0.05, 0.1) is 0 Å². The summed E-state index contributed by atoms with van der Waals surface area (Å²) in [6, 6.07) is 0.614. The maximum Gasteiger partial charge on any atom is 0.137 e. The summed E-state index contributed by atoms with van der Waals surface area (Å²) < 4.78 is 0. The van der Waals surface area contributed by atoms with E-state index in [-0.39, 0.29) is 0 Å². The van der Waals surface area contributed by atoms with Crippen molar-refractivity contribution < 1.29 is 0 Å². The lowest BCUT2D eigenvalue weighted by Crippen LogP contribution is -2.36. The maximum absolute atomic E-state index is 4.58. The third-order valence-electron chi connectivity index (χ3n) is 4.54. The zero-order valence-corrected chi connectivity index (χ0v) is 13.5. The zero-order chi connectivity index (χ0) is 14.7. The Labute approximate surface area is 123 Å². The molecular weight excluding hydrogens is 248 g/mol. The number of rotatable bonds is 4. The average Bonchev–Trinajstić information content (AvgIpc) is 2.46. The van der Waals surface area contributed by atoms with Gasteiger partial charge in [0, 0.05) is 25.7 Å². The van der Waals surface area contributed by atoms with Gasteiger partial charge in [0.1, 0.15) is 18.0 Å². The van der Waals surface area contributed by atoms with E-state index in [0.29, 0.717) is 12.0 Å². The Hall–Kier alpha value is -1.32. The minimum atomic E-state index is 0.415. The summed E-state index contributed by atoms with van der Waals surface area (Å²) in [5.74, 6) is 3.35. The largest absolute Gasteiger partial charge is 0.373 e. The van der Waals surface area contributed by atoms with Crippen LogP contribution in [-0.2, 0) is 0 Å². The molecule has 0 aromatic carbocycles. The molecule has 1 fully saturated rings. The first kappa shape index (κ1) is 15.1. The zero-order valence-electron chi connectivity index (χ0n) is 13.5. The molecule has 0 atom stereocenters. The maximum atomic E-state index is 4.58. The number of anilines is 2. The van der Waals surface area contributed by atoms with E-state index in [1.165, 1.54) is 31.2 Å². The van der Waals surface area contributed by atoms with Crippen LogP contribution in [0.3, 0.4) is 0 Å². The van der Waals surface area contributed by atoms with Gasteiger partial charge >= 0.3 is 0 Å². The van der Waals surface area contributed by atoms with Gasteiger partial charge in [-0.25, -0.2) is 9.97 Å². The summed E-state index contributed by atoms with van der Waals surface area (Å²) in [5, 5.41) is 3.20. The molecule has 0 saturated heterocycles. The highest BCUT2D eigenvalue weighted by atomic mass is 15.2. The number of nitrogens with zero attached hydrogens (tertiary/aromatic N) is 3. The molecule has 1 aliphatic rings. The highest BCUT2D eigenvalue weighted by Gasteiger charge is 2.25. The first-order valence-electron chi connectivity index (χ1n) is 7.80. The van der Waals surface area contributed by atoms with Gasteiger partial charge in [0.2, 0.25) is 0 Å². The average molecular weight is 276 g/mol. The SMILES string of the molecule is CNc1ncnc(N(C)C2CCC(C)CC2)c1C(C)C.